The van der Waals surface area contributed by atoms with E-state index in [1.807, 2.05) is 0 Å². The van der Waals surface area contributed by atoms with Gasteiger partial charge in [-0.2, -0.15) is 5.10 Å². The van der Waals surface area contributed by atoms with E-state index >= 15 is 0 Å². The first-order chi connectivity index (χ1) is 9.66. The molecule has 5 heteroatoms. The van der Waals surface area contributed by atoms with E-state index in [1.165, 1.54) is 19.3 Å². The van der Waals surface area contributed by atoms with Crippen LogP contribution in [-0.4, -0.2) is 11.6 Å². The topological polar surface area (TPSA) is 41.5 Å². The maximum atomic E-state index is 12.0. The Morgan fingerprint density at radius 2 is 1.65 bits per heavy atom. The molecule has 0 bridgehead atoms. The fraction of sp³-hybridized carbons (Fsp3) is 0.467. The van der Waals surface area contributed by atoms with Crippen molar-refractivity contribution in [3.63, 3.8) is 0 Å². The van der Waals surface area contributed by atoms with E-state index in [1.54, 1.807) is 18.2 Å². The number of hydrogen-bond acceptors (Lipinski definition) is 2. The Labute approximate surface area is 129 Å². The lowest BCUT2D eigenvalue weighted by atomic mass is 9.99. The molecular formula is C15H18Cl2N2O. The largest absolute Gasteiger partial charge is 0.271 e. The van der Waals surface area contributed by atoms with E-state index in [0.717, 1.165) is 31.4 Å². The van der Waals surface area contributed by atoms with Gasteiger partial charge in [0.05, 0.1) is 10.0 Å². The number of hydrogen-bond donors (Lipinski definition) is 1. The Morgan fingerprint density at radius 3 is 2.30 bits per heavy atom. The van der Waals surface area contributed by atoms with Crippen LogP contribution >= 0.6 is 23.2 Å². The molecule has 1 saturated carbocycles. The maximum Gasteiger partial charge on any atom is 0.271 e. The van der Waals surface area contributed by atoms with Gasteiger partial charge in [-0.25, -0.2) is 5.43 Å². The number of hydrazone groups is 1. The Balaban J connectivity index is 1.97. The van der Waals surface area contributed by atoms with Crippen molar-refractivity contribution in [3.05, 3.63) is 33.8 Å². The first-order valence-corrected chi connectivity index (χ1v) is 7.73. The summed E-state index contributed by atoms with van der Waals surface area (Å²) in [6.45, 7) is 0. The first kappa shape index (κ1) is 15.3. The number of amides is 1. The first-order valence-electron chi connectivity index (χ1n) is 6.97. The third kappa shape index (κ3) is 4.50. The Hall–Kier alpha value is -1.06. The summed E-state index contributed by atoms with van der Waals surface area (Å²) in [5.41, 5.74) is 4.16. The molecule has 1 aromatic rings. The van der Waals surface area contributed by atoms with Gasteiger partial charge in [-0.3, -0.25) is 4.79 Å². The van der Waals surface area contributed by atoms with Gasteiger partial charge < -0.3 is 0 Å². The van der Waals surface area contributed by atoms with Crippen LogP contribution in [-0.2, 0) is 0 Å². The van der Waals surface area contributed by atoms with Crippen molar-refractivity contribution in [2.75, 3.05) is 0 Å². The summed E-state index contributed by atoms with van der Waals surface area (Å²) >= 11 is 11.7. The van der Waals surface area contributed by atoms with E-state index in [9.17, 15) is 4.79 Å². The smallest absolute Gasteiger partial charge is 0.267 e. The molecule has 0 unspecified atom stereocenters. The highest BCUT2D eigenvalue weighted by atomic mass is 35.5. The predicted octanol–water partition coefficient (Wildman–Crippen LogP) is 4.82. The lowest BCUT2D eigenvalue weighted by molar-refractivity contribution is 0.0954. The highest BCUT2D eigenvalue weighted by Crippen LogP contribution is 2.22. The quantitative estimate of drug-likeness (QED) is 0.781. The summed E-state index contributed by atoms with van der Waals surface area (Å²) in [4.78, 5) is 12.0. The number of halogens is 2. The molecule has 0 aromatic heterocycles. The van der Waals surface area contributed by atoms with Crippen LogP contribution in [0.4, 0.5) is 0 Å². The number of carbonyl (C=O) groups is 1. The van der Waals surface area contributed by atoms with E-state index in [-0.39, 0.29) is 5.91 Å². The van der Waals surface area contributed by atoms with Crippen LogP contribution in [0.25, 0.3) is 0 Å². The average Bonchev–Trinajstić information content (AvgIpc) is 2.40. The van der Waals surface area contributed by atoms with Crippen molar-refractivity contribution in [1.29, 1.82) is 0 Å². The van der Waals surface area contributed by atoms with Gasteiger partial charge in [0.2, 0.25) is 0 Å². The number of benzene rings is 1. The van der Waals surface area contributed by atoms with Crippen LogP contribution in [0.15, 0.2) is 23.3 Å². The summed E-state index contributed by atoms with van der Waals surface area (Å²) in [6, 6.07) is 4.81. The number of nitrogens with zero attached hydrogens (tertiary/aromatic N) is 1. The molecule has 1 aromatic carbocycles. The van der Waals surface area contributed by atoms with Crippen molar-refractivity contribution in [1.82, 2.24) is 5.43 Å². The molecule has 0 aliphatic heterocycles. The minimum Gasteiger partial charge on any atom is -0.267 e. The SMILES string of the molecule is O=C(NN=C1CCCCCCC1)c1ccc(Cl)c(Cl)c1. The fourth-order valence-electron chi connectivity index (χ4n) is 2.26. The van der Waals surface area contributed by atoms with E-state index < -0.39 is 0 Å². The standard InChI is InChI=1S/C15H18Cl2N2O/c16-13-9-8-11(10-14(13)17)15(20)19-18-12-6-4-2-1-3-5-7-12/h8-10H,1-7H2,(H,19,20). The summed E-state index contributed by atoms with van der Waals surface area (Å²) < 4.78 is 0. The van der Waals surface area contributed by atoms with E-state index in [2.05, 4.69) is 10.5 Å². The second-order valence-electron chi connectivity index (χ2n) is 5.02. The zero-order valence-electron chi connectivity index (χ0n) is 11.3. The van der Waals surface area contributed by atoms with Crippen molar-refractivity contribution in [2.24, 2.45) is 5.10 Å². The predicted molar refractivity (Wildman–Crippen MR) is 83.7 cm³/mol. The zero-order valence-corrected chi connectivity index (χ0v) is 12.8. The minimum absolute atomic E-state index is 0.252. The van der Waals surface area contributed by atoms with Gasteiger partial charge in [0.15, 0.2) is 0 Å². The molecule has 108 valence electrons. The van der Waals surface area contributed by atoms with E-state index in [4.69, 9.17) is 23.2 Å². The molecule has 0 saturated heterocycles. The highest BCUT2D eigenvalue weighted by molar-refractivity contribution is 6.42. The number of rotatable bonds is 2. The molecule has 1 amide bonds. The van der Waals surface area contributed by atoms with Gasteiger partial charge in [0.1, 0.15) is 0 Å². The van der Waals surface area contributed by atoms with Crippen LogP contribution in [0, 0.1) is 0 Å². The lowest BCUT2D eigenvalue weighted by Crippen LogP contribution is -2.20. The Kier molecular flexibility index (Phi) is 5.86. The molecule has 0 spiro atoms. The Bertz CT molecular complexity index is 505. The van der Waals surface area contributed by atoms with Crippen LogP contribution in [0.5, 0.6) is 0 Å². The molecule has 0 heterocycles. The van der Waals surface area contributed by atoms with Gasteiger partial charge in [0.25, 0.3) is 5.91 Å². The molecular weight excluding hydrogens is 295 g/mol. The van der Waals surface area contributed by atoms with Gasteiger partial charge >= 0.3 is 0 Å². The molecule has 1 fully saturated rings. The van der Waals surface area contributed by atoms with Crippen molar-refractivity contribution >= 4 is 34.8 Å². The number of carbonyl (C=O) groups excluding carboxylic acids is 1. The highest BCUT2D eigenvalue weighted by Gasteiger charge is 2.09. The van der Waals surface area contributed by atoms with Crippen LogP contribution < -0.4 is 5.43 Å². The molecule has 1 aliphatic rings. The zero-order chi connectivity index (χ0) is 14.4. The van der Waals surface area contributed by atoms with E-state index in [0.29, 0.717) is 15.6 Å². The summed E-state index contributed by atoms with van der Waals surface area (Å²) in [5, 5.41) is 5.07. The summed E-state index contributed by atoms with van der Waals surface area (Å²) in [7, 11) is 0. The molecule has 3 nitrogen and oxygen atoms in total. The number of nitrogens with one attached hydrogen (secondary N) is 1. The summed E-state index contributed by atoms with van der Waals surface area (Å²) in [5.74, 6) is -0.252. The fourth-order valence-corrected chi connectivity index (χ4v) is 2.56. The molecule has 2 rings (SSSR count). The monoisotopic (exact) mass is 312 g/mol. The Morgan fingerprint density at radius 1 is 1.00 bits per heavy atom. The van der Waals surface area contributed by atoms with Crippen molar-refractivity contribution in [2.45, 2.75) is 44.9 Å². The van der Waals surface area contributed by atoms with Crippen LogP contribution in [0.3, 0.4) is 0 Å². The third-order valence-electron chi connectivity index (χ3n) is 3.43. The second kappa shape index (κ2) is 7.65. The van der Waals surface area contributed by atoms with Crippen molar-refractivity contribution in [3.8, 4) is 0 Å². The molecule has 1 N–H and O–H groups in total. The second-order valence-corrected chi connectivity index (χ2v) is 5.83. The van der Waals surface area contributed by atoms with Gasteiger partial charge in [-0.15, -0.1) is 0 Å². The van der Waals surface area contributed by atoms with Crippen LogP contribution in [0.2, 0.25) is 10.0 Å². The maximum absolute atomic E-state index is 12.0. The molecule has 20 heavy (non-hydrogen) atoms. The minimum atomic E-state index is -0.252. The van der Waals surface area contributed by atoms with Crippen molar-refractivity contribution < 1.29 is 4.79 Å². The lowest BCUT2D eigenvalue weighted by Gasteiger charge is -2.11. The van der Waals surface area contributed by atoms with Crippen LogP contribution in [0.1, 0.15) is 55.3 Å². The third-order valence-corrected chi connectivity index (χ3v) is 4.17. The average molecular weight is 313 g/mol. The molecule has 0 radical (unpaired) electrons. The van der Waals surface area contributed by atoms with Gasteiger partial charge in [0, 0.05) is 11.3 Å². The molecule has 1 aliphatic carbocycles. The summed E-state index contributed by atoms with van der Waals surface area (Å²) in [6.07, 6.45) is 8.06. The normalized spacial score (nSPS) is 16.2. The van der Waals surface area contributed by atoms with Gasteiger partial charge in [-0.05, 0) is 43.9 Å². The molecule has 0 atom stereocenters. The van der Waals surface area contributed by atoms with Gasteiger partial charge in [-0.1, -0.05) is 42.5 Å².